The Balaban J connectivity index is 0.00000287. The summed E-state index contributed by atoms with van der Waals surface area (Å²) in [6.07, 6.45) is 8.56. The van der Waals surface area contributed by atoms with Gasteiger partial charge in [-0.2, -0.15) is 0 Å². The van der Waals surface area contributed by atoms with Crippen molar-refractivity contribution >= 4 is 6.08 Å². The van der Waals surface area contributed by atoms with Crippen LogP contribution in [0.1, 0.15) is 102 Å². The lowest BCUT2D eigenvalue weighted by atomic mass is 9.80. The van der Waals surface area contributed by atoms with Gasteiger partial charge in [-0.15, -0.1) is 0 Å². The minimum atomic E-state index is 0.193. The lowest BCUT2D eigenvalue weighted by Gasteiger charge is -2.34. The zero-order valence-electron chi connectivity index (χ0n) is 27.6. The molecule has 1 aliphatic rings. The van der Waals surface area contributed by atoms with Crippen molar-refractivity contribution in [2.75, 3.05) is 0 Å². The first kappa shape index (κ1) is 34.2. The van der Waals surface area contributed by atoms with Gasteiger partial charge in [0.15, 0.2) is 0 Å². The van der Waals surface area contributed by atoms with Gasteiger partial charge in [-0.3, -0.25) is 0 Å². The molecule has 0 fully saturated rings. The summed E-state index contributed by atoms with van der Waals surface area (Å²) >= 11 is 0. The number of hydrogen-bond donors (Lipinski definition) is 2. The number of rotatable bonds is 14. The molecule has 2 N–H and O–H groups in total. The molecular weight excluding hydrogens is 496 g/mol. The third kappa shape index (κ3) is 9.80. The normalized spacial score (nSPS) is 15.2. The van der Waals surface area contributed by atoms with Gasteiger partial charge in [0.05, 0.1) is 0 Å². The van der Waals surface area contributed by atoms with Crippen molar-refractivity contribution in [2.45, 2.75) is 106 Å². The number of benzene rings is 2. The summed E-state index contributed by atoms with van der Waals surface area (Å²) in [5, 5.41) is 7.56. The van der Waals surface area contributed by atoms with Crippen LogP contribution in [0.3, 0.4) is 0 Å². The molecule has 0 saturated carbocycles. The van der Waals surface area contributed by atoms with Crippen molar-refractivity contribution < 1.29 is 0 Å². The van der Waals surface area contributed by atoms with Crippen molar-refractivity contribution in [2.24, 2.45) is 17.8 Å². The number of fused-ring (bicyclic) bond motifs is 1. The summed E-state index contributed by atoms with van der Waals surface area (Å²) < 4.78 is 0. The van der Waals surface area contributed by atoms with E-state index in [1.54, 1.807) is 0 Å². The maximum Gasteiger partial charge on any atom is 0.0499 e. The fourth-order valence-corrected chi connectivity index (χ4v) is 6.21. The average Bonchev–Trinajstić information content (AvgIpc) is 3.35. The molecule has 224 valence electrons. The molecule has 0 aliphatic heterocycles. The minimum absolute atomic E-state index is 0.193. The van der Waals surface area contributed by atoms with E-state index in [4.69, 9.17) is 0 Å². The van der Waals surface area contributed by atoms with Crippen LogP contribution in [0.25, 0.3) is 6.08 Å². The maximum atomic E-state index is 4.67. The van der Waals surface area contributed by atoms with E-state index in [1.807, 2.05) is 13.8 Å². The second-order valence-electron chi connectivity index (χ2n) is 12.5. The number of allylic oxidation sites excluding steroid dienone is 3. The standard InChI is InChI=1S/C37H52N2.C2H6/c1-11-14-30-20-33(18-17-27(30)8)36(29(10)38-26(6)7)23-34(19-24(2)3)28(9)39-37(25(4)5)35-21-31-15-12-13-16-32(31)22-35;1-2/h11-18,20,24,26,34-39H,4,9-10,19,21-23H2,1-3,5-8H3;1-2H3/b14-11-;/t34-,36-,37?;/m0./s1. The van der Waals surface area contributed by atoms with E-state index >= 15 is 0 Å². The number of nitrogens with one attached hydrogen (secondary N) is 2. The molecule has 2 nitrogen and oxygen atoms in total. The molecule has 2 aromatic carbocycles. The Bertz CT molecular complexity index is 1160. The van der Waals surface area contributed by atoms with E-state index < -0.39 is 0 Å². The van der Waals surface area contributed by atoms with Gasteiger partial charge in [0.2, 0.25) is 0 Å². The van der Waals surface area contributed by atoms with E-state index in [0.29, 0.717) is 23.8 Å². The van der Waals surface area contributed by atoms with Crippen molar-refractivity contribution in [1.29, 1.82) is 0 Å². The van der Waals surface area contributed by atoms with E-state index in [9.17, 15) is 0 Å². The van der Waals surface area contributed by atoms with Crippen LogP contribution in [0.5, 0.6) is 0 Å². The lowest BCUT2D eigenvalue weighted by molar-refractivity contribution is 0.360. The van der Waals surface area contributed by atoms with Crippen LogP contribution >= 0.6 is 0 Å². The summed E-state index contributed by atoms with van der Waals surface area (Å²) in [6.45, 7) is 33.0. The van der Waals surface area contributed by atoms with Crippen molar-refractivity contribution in [3.63, 3.8) is 0 Å². The molecule has 1 unspecified atom stereocenters. The van der Waals surface area contributed by atoms with Crippen molar-refractivity contribution in [1.82, 2.24) is 10.6 Å². The highest BCUT2D eigenvalue weighted by atomic mass is 14.9. The third-order valence-electron chi connectivity index (χ3n) is 8.14. The van der Waals surface area contributed by atoms with Gasteiger partial charge in [0.25, 0.3) is 0 Å². The molecule has 0 spiro atoms. The Kier molecular flexibility index (Phi) is 13.7. The van der Waals surface area contributed by atoms with Gasteiger partial charge in [-0.05, 0) is 106 Å². The minimum Gasteiger partial charge on any atom is -0.386 e. The van der Waals surface area contributed by atoms with Gasteiger partial charge < -0.3 is 10.6 Å². The van der Waals surface area contributed by atoms with Crippen LogP contribution in [0.15, 0.2) is 85.2 Å². The SMILES string of the molecule is C=C(C)C(NC(=C)[C@@H](CC(C)C)C[C@@H](C(=C)NC(C)C)c1ccc(C)c(/C=C\C)c1)C1Cc2ccccc2C1.CC. The second kappa shape index (κ2) is 16.4. The third-order valence-corrected chi connectivity index (χ3v) is 8.14. The Morgan fingerprint density at radius 2 is 1.51 bits per heavy atom. The van der Waals surface area contributed by atoms with E-state index in [1.165, 1.54) is 33.4 Å². The van der Waals surface area contributed by atoms with Gasteiger partial charge in [0, 0.05) is 29.4 Å². The number of aryl methyl sites for hydroxylation is 1. The zero-order chi connectivity index (χ0) is 30.7. The molecule has 1 aliphatic carbocycles. The summed E-state index contributed by atoms with van der Waals surface area (Å²) in [7, 11) is 0. The monoisotopic (exact) mass is 554 g/mol. The smallest absolute Gasteiger partial charge is 0.0499 e. The predicted octanol–water partition coefficient (Wildman–Crippen LogP) is 10.2. The lowest BCUT2D eigenvalue weighted by Crippen LogP contribution is -2.39. The Labute approximate surface area is 253 Å². The van der Waals surface area contributed by atoms with Crippen LogP contribution < -0.4 is 10.6 Å². The molecule has 0 radical (unpaired) electrons. The first-order valence-corrected chi connectivity index (χ1v) is 15.9. The summed E-state index contributed by atoms with van der Waals surface area (Å²) in [6, 6.07) is 16.3. The molecule has 2 aromatic rings. The van der Waals surface area contributed by atoms with E-state index in [2.05, 4.69) is 133 Å². The summed E-state index contributed by atoms with van der Waals surface area (Å²) in [5.74, 6) is 1.58. The summed E-state index contributed by atoms with van der Waals surface area (Å²) in [5.41, 5.74) is 10.3. The highest BCUT2D eigenvalue weighted by molar-refractivity contribution is 5.55. The highest BCUT2D eigenvalue weighted by Gasteiger charge is 2.31. The molecular formula is C39H58N2. The van der Waals surface area contributed by atoms with Crippen LogP contribution in [-0.4, -0.2) is 12.1 Å². The molecule has 3 rings (SSSR count). The fourth-order valence-electron chi connectivity index (χ4n) is 6.21. The predicted molar refractivity (Wildman–Crippen MR) is 183 cm³/mol. The van der Waals surface area contributed by atoms with Crippen LogP contribution in [0, 0.1) is 24.7 Å². The molecule has 0 bridgehead atoms. The quantitative estimate of drug-likeness (QED) is 0.227. The second-order valence-corrected chi connectivity index (χ2v) is 12.5. The maximum absolute atomic E-state index is 4.67. The van der Waals surface area contributed by atoms with Crippen LogP contribution in [-0.2, 0) is 12.8 Å². The molecule has 0 heterocycles. The largest absolute Gasteiger partial charge is 0.386 e. The Hall–Kier alpha value is -3.00. The molecule has 0 amide bonds. The molecule has 0 aromatic heterocycles. The topological polar surface area (TPSA) is 24.1 Å². The van der Waals surface area contributed by atoms with Gasteiger partial charge in [0.1, 0.15) is 0 Å². The molecule has 41 heavy (non-hydrogen) atoms. The first-order valence-electron chi connectivity index (χ1n) is 15.9. The van der Waals surface area contributed by atoms with Crippen LogP contribution in [0.2, 0.25) is 0 Å². The first-order chi connectivity index (χ1) is 19.5. The molecule has 2 heteroatoms. The number of hydrogen-bond acceptors (Lipinski definition) is 2. The van der Waals surface area contributed by atoms with Crippen LogP contribution in [0.4, 0.5) is 0 Å². The Morgan fingerprint density at radius 3 is 2.02 bits per heavy atom. The van der Waals surface area contributed by atoms with E-state index in [-0.39, 0.29) is 12.0 Å². The Morgan fingerprint density at radius 1 is 0.902 bits per heavy atom. The molecule has 0 saturated heterocycles. The van der Waals surface area contributed by atoms with E-state index in [0.717, 1.165) is 37.1 Å². The van der Waals surface area contributed by atoms with Gasteiger partial charge in [-0.1, -0.05) is 108 Å². The highest BCUT2D eigenvalue weighted by Crippen LogP contribution is 2.37. The van der Waals surface area contributed by atoms with Gasteiger partial charge >= 0.3 is 0 Å². The fraction of sp³-hybridized carbons (Fsp3) is 0.487. The molecule has 3 atom stereocenters. The zero-order valence-corrected chi connectivity index (χ0v) is 27.6. The van der Waals surface area contributed by atoms with Crippen molar-refractivity contribution in [3.8, 4) is 0 Å². The summed E-state index contributed by atoms with van der Waals surface area (Å²) in [4.78, 5) is 0. The average molecular weight is 555 g/mol. The van der Waals surface area contributed by atoms with Gasteiger partial charge in [-0.25, -0.2) is 0 Å². The van der Waals surface area contributed by atoms with Crippen molar-refractivity contribution in [3.05, 3.63) is 113 Å².